The third kappa shape index (κ3) is 2.86. The zero-order valence-electron chi connectivity index (χ0n) is 7.60. The molecule has 1 nitrogen and oxygen atoms in total. The van der Waals surface area contributed by atoms with Crippen LogP contribution in [0.2, 0.25) is 0 Å². The lowest BCUT2D eigenvalue weighted by Crippen LogP contribution is -2.34. The van der Waals surface area contributed by atoms with Gasteiger partial charge in [0.15, 0.2) is 0 Å². The Morgan fingerprint density at radius 1 is 1.27 bits per heavy atom. The molecule has 1 aliphatic carbocycles. The Kier molecular flexibility index (Phi) is 3.00. The SMILES string of the molecule is [B]C(C)OC1(C)CCCCC1. The van der Waals surface area contributed by atoms with Gasteiger partial charge in [0.25, 0.3) is 0 Å². The topological polar surface area (TPSA) is 9.23 Å². The van der Waals surface area contributed by atoms with Crippen molar-refractivity contribution in [2.45, 2.75) is 57.6 Å². The number of hydrogen-bond donors (Lipinski definition) is 0. The highest BCUT2D eigenvalue weighted by Gasteiger charge is 2.27. The van der Waals surface area contributed by atoms with E-state index in [4.69, 9.17) is 12.6 Å². The molecule has 1 aliphatic rings. The van der Waals surface area contributed by atoms with Crippen LogP contribution in [0.1, 0.15) is 46.0 Å². The van der Waals surface area contributed by atoms with Crippen LogP contribution in [0.15, 0.2) is 0 Å². The van der Waals surface area contributed by atoms with Crippen molar-refractivity contribution in [2.75, 3.05) is 0 Å². The summed E-state index contributed by atoms with van der Waals surface area (Å²) < 4.78 is 5.66. The molecular weight excluding hydrogens is 135 g/mol. The summed E-state index contributed by atoms with van der Waals surface area (Å²) in [5.41, 5.74) is 0.0758. The quantitative estimate of drug-likeness (QED) is 0.551. The van der Waals surface area contributed by atoms with E-state index in [9.17, 15) is 0 Å². The number of hydrogen-bond acceptors (Lipinski definition) is 1. The average molecular weight is 152 g/mol. The van der Waals surface area contributed by atoms with E-state index >= 15 is 0 Å². The molecule has 62 valence electrons. The molecule has 0 aliphatic heterocycles. The molecular formula is C9H17BO. The summed E-state index contributed by atoms with van der Waals surface area (Å²) in [5.74, 6) is 0. The van der Waals surface area contributed by atoms with E-state index in [1.165, 1.54) is 32.1 Å². The second-order valence-corrected chi connectivity index (χ2v) is 3.83. The first kappa shape index (κ1) is 9.12. The molecule has 2 radical (unpaired) electrons. The molecule has 1 saturated carbocycles. The zero-order valence-corrected chi connectivity index (χ0v) is 7.60. The zero-order chi connectivity index (χ0) is 8.32. The molecule has 0 heterocycles. The van der Waals surface area contributed by atoms with Gasteiger partial charge in [-0.3, -0.25) is 0 Å². The predicted octanol–water partition coefficient (Wildman–Crippen LogP) is 2.24. The fourth-order valence-corrected chi connectivity index (χ4v) is 1.87. The maximum absolute atomic E-state index is 5.66. The smallest absolute Gasteiger partial charge is 0.108 e. The van der Waals surface area contributed by atoms with E-state index < -0.39 is 0 Å². The van der Waals surface area contributed by atoms with Crippen molar-refractivity contribution in [1.29, 1.82) is 0 Å². The summed E-state index contributed by atoms with van der Waals surface area (Å²) in [5, 5.41) is 0. The fourth-order valence-electron chi connectivity index (χ4n) is 1.87. The molecule has 0 aromatic heterocycles. The molecule has 0 N–H and O–H groups in total. The van der Waals surface area contributed by atoms with Crippen molar-refractivity contribution in [1.82, 2.24) is 0 Å². The van der Waals surface area contributed by atoms with Crippen LogP contribution in [0.3, 0.4) is 0 Å². The summed E-state index contributed by atoms with van der Waals surface area (Å²) in [6, 6.07) is -0.113. The van der Waals surface area contributed by atoms with Crippen LogP contribution < -0.4 is 0 Å². The maximum Gasteiger partial charge on any atom is 0.108 e. The molecule has 11 heavy (non-hydrogen) atoms. The molecule has 0 aromatic carbocycles. The molecule has 1 atom stereocenters. The van der Waals surface area contributed by atoms with Gasteiger partial charge in [0.05, 0.1) is 5.60 Å². The van der Waals surface area contributed by atoms with Crippen LogP contribution in [0, 0.1) is 0 Å². The first-order chi connectivity index (χ1) is 5.12. The van der Waals surface area contributed by atoms with E-state index in [-0.39, 0.29) is 11.6 Å². The van der Waals surface area contributed by atoms with Crippen molar-refractivity contribution >= 4 is 7.85 Å². The third-order valence-corrected chi connectivity index (χ3v) is 2.38. The Morgan fingerprint density at radius 2 is 1.82 bits per heavy atom. The minimum absolute atomic E-state index is 0.0758. The molecule has 0 spiro atoms. The minimum atomic E-state index is -0.113. The summed E-state index contributed by atoms with van der Waals surface area (Å²) >= 11 is 0. The predicted molar refractivity (Wildman–Crippen MR) is 47.8 cm³/mol. The molecule has 0 bridgehead atoms. The van der Waals surface area contributed by atoms with Gasteiger partial charge >= 0.3 is 0 Å². The number of rotatable bonds is 2. The molecule has 0 saturated heterocycles. The van der Waals surface area contributed by atoms with Crippen molar-refractivity contribution in [3.05, 3.63) is 0 Å². The molecule has 1 fully saturated rings. The van der Waals surface area contributed by atoms with E-state index in [1.807, 2.05) is 6.92 Å². The minimum Gasteiger partial charge on any atom is -0.382 e. The molecule has 2 heteroatoms. The summed E-state index contributed by atoms with van der Waals surface area (Å²) in [6.45, 7) is 4.08. The van der Waals surface area contributed by atoms with E-state index in [0.29, 0.717) is 0 Å². The van der Waals surface area contributed by atoms with Gasteiger partial charge in [0.1, 0.15) is 7.85 Å². The van der Waals surface area contributed by atoms with Crippen LogP contribution >= 0.6 is 0 Å². The third-order valence-electron chi connectivity index (χ3n) is 2.38. The monoisotopic (exact) mass is 152 g/mol. The average Bonchev–Trinajstić information content (AvgIpc) is 1.85. The van der Waals surface area contributed by atoms with Gasteiger partial charge in [-0.05, 0) is 26.7 Å². The Balaban J connectivity index is 2.37. The lowest BCUT2D eigenvalue weighted by Gasteiger charge is -2.35. The normalized spacial score (nSPS) is 26.4. The largest absolute Gasteiger partial charge is 0.382 e. The Labute approximate surface area is 70.9 Å². The summed E-state index contributed by atoms with van der Waals surface area (Å²) in [7, 11) is 5.59. The standard InChI is InChI=1S/C9H17BO/c1-8(10)11-9(2)6-4-3-5-7-9/h8H,3-7H2,1-2H3. The van der Waals surface area contributed by atoms with Gasteiger partial charge in [-0.25, -0.2) is 0 Å². The van der Waals surface area contributed by atoms with Crippen LogP contribution in [0.4, 0.5) is 0 Å². The second kappa shape index (κ2) is 3.62. The highest BCUT2D eigenvalue weighted by Crippen LogP contribution is 2.31. The Hall–Kier alpha value is 0.0249. The lowest BCUT2D eigenvalue weighted by atomic mass is 9.85. The first-order valence-electron chi connectivity index (χ1n) is 4.56. The first-order valence-corrected chi connectivity index (χ1v) is 4.56. The summed E-state index contributed by atoms with van der Waals surface area (Å²) in [6.07, 6.45) is 6.30. The molecule has 0 amide bonds. The Bertz CT molecular complexity index is 117. The Morgan fingerprint density at radius 3 is 2.27 bits per heavy atom. The fraction of sp³-hybridized carbons (Fsp3) is 1.00. The molecule has 1 rings (SSSR count). The van der Waals surface area contributed by atoms with Crippen molar-refractivity contribution in [3.8, 4) is 0 Å². The van der Waals surface area contributed by atoms with Gasteiger partial charge in [0, 0.05) is 6.00 Å². The van der Waals surface area contributed by atoms with Crippen LogP contribution in [0.25, 0.3) is 0 Å². The van der Waals surface area contributed by atoms with Gasteiger partial charge in [-0.15, -0.1) is 0 Å². The highest BCUT2D eigenvalue weighted by atomic mass is 16.5. The van der Waals surface area contributed by atoms with Gasteiger partial charge in [-0.1, -0.05) is 19.3 Å². The van der Waals surface area contributed by atoms with Crippen LogP contribution in [-0.4, -0.2) is 19.5 Å². The van der Waals surface area contributed by atoms with Crippen molar-refractivity contribution < 1.29 is 4.74 Å². The van der Waals surface area contributed by atoms with Gasteiger partial charge in [0.2, 0.25) is 0 Å². The van der Waals surface area contributed by atoms with Gasteiger partial charge in [-0.2, -0.15) is 0 Å². The lowest BCUT2D eigenvalue weighted by molar-refractivity contribution is -0.0665. The molecule has 0 aromatic rings. The van der Waals surface area contributed by atoms with E-state index in [0.717, 1.165) is 0 Å². The second-order valence-electron chi connectivity index (χ2n) is 3.83. The summed E-state index contributed by atoms with van der Waals surface area (Å²) in [4.78, 5) is 0. The van der Waals surface area contributed by atoms with E-state index in [2.05, 4.69) is 6.92 Å². The van der Waals surface area contributed by atoms with E-state index in [1.54, 1.807) is 0 Å². The maximum atomic E-state index is 5.66. The highest BCUT2D eigenvalue weighted by molar-refractivity contribution is 6.10. The molecule has 1 unspecified atom stereocenters. The van der Waals surface area contributed by atoms with Crippen molar-refractivity contribution in [3.63, 3.8) is 0 Å². The number of ether oxygens (including phenoxy) is 1. The van der Waals surface area contributed by atoms with Crippen molar-refractivity contribution in [2.24, 2.45) is 0 Å². The van der Waals surface area contributed by atoms with Crippen LogP contribution in [0.5, 0.6) is 0 Å². The van der Waals surface area contributed by atoms with Gasteiger partial charge < -0.3 is 4.74 Å². The van der Waals surface area contributed by atoms with Crippen LogP contribution in [-0.2, 0) is 4.74 Å².